The molecule has 0 spiro atoms. The van der Waals surface area contributed by atoms with Gasteiger partial charge >= 0.3 is 0 Å². The number of aromatic nitrogens is 1. The standard InChI is InChI=1S/C10H14ClN3/c11-10-5-8(12)7(6-14-10)9-3-1-2-4-13-9/h5-6,9,13H,1-4H2,(H2,12,14)/t9-/m1/s1. The Kier molecular flexibility index (Phi) is 2.89. The summed E-state index contributed by atoms with van der Waals surface area (Å²) in [5.74, 6) is 0. The van der Waals surface area contributed by atoms with Gasteiger partial charge in [0.05, 0.1) is 0 Å². The highest BCUT2D eigenvalue weighted by Gasteiger charge is 2.17. The summed E-state index contributed by atoms with van der Waals surface area (Å²) in [5.41, 5.74) is 7.71. The number of halogens is 1. The Morgan fingerprint density at radius 1 is 1.50 bits per heavy atom. The Hall–Kier alpha value is -0.800. The summed E-state index contributed by atoms with van der Waals surface area (Å²) < 4.78 is 0. The number of nitrogens with zero attached hydrogens (tertiary/aromatic N) is 1. The van der Waals surface area contributed by atoms with Crippen LogP contribution in [0.3, 0.4) is 0 Å². The third-order valence-electron chi connectivity index (χ3n) is 2.62. The van der Waals surface area contributed by atoms with Gasteiger partial charge in [-0.2, -0.15) is 0 Å². The van der Waals surface area contributed by atoms with Crippen molar-refractivity contribution in [1.82, 2.24) is 10.3 Å². The van der Waals surface area contributed by atoms with E-state index in [4.69, 9.17) is 17.3 Å². The first-order valence-electron chi connectivity index (χ1n) is 4.91. The fourth-order valence-electron chi connectivity index (χ4n) is 1.86. The van der Waals surface area contributed by atoms with Crippen LogP contribution in [0.2, 0.25) is 5.15 Å². The first-order chi connectivity index (χ1) is 6.77. The van der Waals surface area contributed by atoms with Gasteiger partial charge in [0.1, 0.15) is 5.15 Å². The van der Waals surface area contributed by atoms with Crippen molar-refractivity contribution in [2.75, 3.05) is 12.3 Å². The van der Waals surface area contributed by atoms with E-state index in [-0.39, 0.29) is 0 Å². The first-order valence-corrected chi connectivity index (χ1v) is 5.29. The van der Waals surface area contributed by atoms with Gasteiger partial charge in [-0.25, -0.2) is 4.98 Å². The molecule has 0 unspecified atom stereocenters. The number of hydrogen-bond acceptors (Lipinski definition) is 3. The normalized spacial score (nSPS) is 22.2. The van der Waals surface area contributed by atoms with Crippen molar-refractivity contribution in [3.05, 3.63) is 23.0 Å². The maximum absolute atomic E-state index is 5.89. The van der Waals surface area contributed by atoms with Crippen molar-refractivity contribution in [2.45, 2.75) is 25.3 Å². The second-order valence-corrected chi connectivity index (χ2v) is 4.03. The van der Waals surface area contributed by atoms with Gasteiger partial charge in [-0.05, 0) is 25.5 Å². The smallest absolute Gasteiger partial charge is 0.131 e. The van der Waals surface area contributed by atoms with Gasteiger partial charge in [-0.1, -0.05) is 18.0 Å². The van der Waals surface area contributed by atoms with Crippen LogP contribution in [0.15, 0.2) is 12.3 Å². The third kappa shape index (κ3) is 1.99. The molecule has 76 valence electrons. The van der Waals surface area contributed by atoms with Gasteiger partial charge in [0.15, 0.2) is 0 Å². The molecule has 1 aromatic heterocycles. The Morgan fingerprint density at radius 3 is 3.00 bits per heavy atom. The lowest BCUT2D eigenvalue weighted by molar-refractivity contribution is 0.412. The molecular weight excluding hydrogens is 198 g/mol. The Morgan fingerprint density at radius 2 is 2.36 bits per heavy atom. The zero-order chi connectivity index (χ0) is 9.97. The van der Waals surface area contributed by atoms with Crippen molar-refractivity contribution in [3.8, 4) is 0 Å². The molecule has 1 aliphatic heterocycles. The fourth-order valence-corrected chi connectivity index (χ4v) is 2.03. The molecule has 0 radical (unpaired) electrons. The van der Waals surface area contributed by atoms with Crippen LogP contribution in [0.4, 0.5) is 5.69 Å². The highest BCUT2D eigenvalue weighted by Crippen LogP contribution is 2.27. The second kappa shape index (κ2) is 4.15. The number of pyridine rings is 1. The molecule has 1 fully saturated rings. The summed E-state index contributed by atoms with van der Waals surface area (Å²) in [7, 11) is 0. The van der Waals surface area contributed by atoms with Gasteiger partial charge in [0, 0.05) is 23.5 Å². The molecule has 1 aromatic rings. The predicted molar refractivity (Wildman–Crippen MR) is 58.3 cm³/mol. The quantitative estimate of drug-likeness (QED) is 0.700. The molecule has 0 aromatic carbocycles. The Balaban J connectivity index is 2.22. The van der Waals surface area contributed by atoms with E-state index in [0.717, 1.165) is 24.2 Å². The molecule has 3 N–H and O–H groups in total. The van der Waals surface area contributed by atoms with E-state index >= 15 is 0 Å². The molecule has 2 heterocycles. The van der Waals surface area contributed by atoms with E-state index in [1.54, 1.807) is 12.3 Å². The second-order valence-electron chi connectivity index (χ2n) is 3.64. The van der Waals surface area contributed by atoms with Crippen molar-refractivity contribution < 1.29 is 0 Å². The van der Waals surface area contributed by atoms with Crippen molar-refractivity contribution in [2.24, 2.45) is 0 Å². The number of rotatable bonds is 1. The monoisotopic (exact) mass is 211 g/mol. The van der Waals surface area contributed by atoms with E-state index < -0.39 is 0 Å². The number of nitrogens with two attached hydrogens (primary N) is 1. The van der Waals surface area contributed by atoms with E-state index in [1.165, 1.54) is 12.8 Å². The summed E-state index contributed by atoms with van der Waals surface area (Å²) in [6.45, 7) is 1.06. The molecule has 1 saturated heterocycles. The zero-order valence-corrected chi connectivity index (χ0v) is 8.72. The number of piperidine rings is 1. The minimum Gasteiger partial charge on any atom is -0.398 e. The lowest BCUT2D eigenvalue weighted by atomic mass is 9.98. The molecule has 2 rings (SSSR count). The van der Waals surface area contributed by atoms with Gasteiger partial charge < -0.3 is 11.1 Å². The summed E-state index contributed by atoms with van der Waals surface area (Å²) in [4.78, 5) is 4.06. The number of hydrogen-bond donors (Lipinski definition) is 2. The summed E-state index contributed by atoms with van der Waals surface area (Å²) in [5, 5.41) is 3.89. The van der Waals surface area contributed by atoms with E-state index in [1.807, 2.05) is 0 Å². The van der Waals surface area contributed by atoms with Gasteiger partial charge in [0.2, 0.25) is 0 Å². The van der Waals surface area contributed by atoms with Crippen LogP contribution in [0, 0.1) is 0 Å². The minimum atomic E-state index is 0.355. The lowest BCUT2D eigenvalue weighted by Crippen LogP contribution is -2.27. The largest absolute Gasteiger partial charge is 0.398 e. The van der Waals surface area contributed by atoms with Crippen molar-refractivity contribution in [3.63, 3.8) is 0 Å². The van der Waals surface area contributed by atoms with Crippen molar-refractivity contribution in [1.29, 1.82) is 0 Å². The van der Waals surface area contributed by atoms with E-state index in [0.29, 0.717) is 11.2 Å². The SMILES string of the molecule is Nc1cc(Cl)ncc1[C@H]1CCCCN1. The van der Waals surface area contributed by atoms with E-state index in [9.17, 15) is 0 Å². The van der Waals surface area contributed by atoms with Gasteiger partial charge in [0.25, 0.3) is 0 Å². The molecule has 14 heavy (non-hydrogen) atoms. The average Bonchev–Trinajstić information content (AvgIpc) is 2.19. The molecule has 3 nitrogen and oxygen atoms in total. The maximum atomic E-state index is 5.89. The fraction of sp³-hybridized carbons (Fsp3) is 0.500. The van der Waals surface area contributed by atoms with Crippen LogP contribution in [0.25, 0.3) is 0 Å². The lowest BCUT2D eigenvalue weighted by Gasteiger charge is -2.24. The van der Waals surface area contributed by atoms with Crippen LogP contribution >= 0.6 is 11.6 Å². The molecule has 0 amide bonds. The highest BCUT2D eigenvalue weighted by molar-refractivity contribution is 6.29. The Labute approximate surface area is 88.7 Å². The molecule has 1 aliphatic rings. The minimum absolute atomic E-state index is 0.355. The van der Waals surface area contributed by atoms with Crippen LogP contribution in [-0.4, -0.2) is 11.5 Å². The highest BCUT2D eigenvalue weighted by atomic mass is 35.5. The van der Waals surface area contributed by atoms with Crippen LogP contribution in [-0.2, 0) is 0 Å². The zero-order valence-electron chi connectivity index (χ0n) is 7.96. The van der Waals surface area contributed by atoms with Gasteiger partial charge in [-0.15, -0.1) is 0 Å². The molecule has 0 bridgehead atoms. The summed E-state index contributed by atoms with van der Waals surface area (Å²) in [6, 6.07) is 2.07. The first kappa shape index (κ1) is 9.74. The number of nitrogens with one attached hydrogen (secondary N) is 1. The third-order valence-corrected chi connectivity index (χ3v) is 2.83. The number of anilines is 1. The molecular formula is C10H14ClN3. The summed E-state index contributed by atoms with van der Waals surface area (Å²) in [6.07, 6.45) is 5.41. The number of nitrogen functional groups attached to an aromatic ring is 1. The molecule has 0 aliphatic carbocycles. The predicted octanol–water partition coefficient (Wildman–Crippen LogP) is 2.13. The molecule has 1 atom stereocenters. The Bertz CT molecular complexity index is 321. The van der Waals surface area contributed by atoms with Crippen LogP contribution < -0.4 is 11.1 Å². The summed E-state index contributed by atoms with van der Waals surface area (Å²) >= 11 is 5.74. The van der Waals surface area contributed by atoms with Gasteiger partial charge in [-0.3, -0.25) is 0 Å². The van der Waals surface area contributed by atoms with Crippen molar-refractivity contribution >= 4 is 17.3 Å². The average molecular weight is 212 g/mol. The van der Waals surface area contributed by atoms with Crippen LogP contribution in [0.1, 0.15) is 30.9 Å². The maximum Gasteiger partial charge on any atom is 0.131 e. The van der Waals surface area contributed by atoms with E-state index in [2.05, 4.69) is 10.3 Å². The molecule has 4 heteroatoms. The molecule has 0 saturated carbocycles. The van der Waals surface area contributed by atoms with Crippen LogP contribution in [0.5, 0.6) is 0 Å². The topological polar surface area (TPSA) is 50.9 Å².